The summed E-state index contributed by atoms with van der Waals surface area (Å²) in [5.41, 5.74) is 1.36. The number of rotatable bonds is 4. The number of hydrogen-bond acceptors (Lipinski definition) is 0. The van der Waals surface area contributed by atoms with Crippen molar-refractivity contribution in [2.75, 3.05) is 0 Å². The summed E-state index contributed by atoms with van der Waals surface area (Å²) in [4.78, 5) is 0. The third kappa shape index (κ3) is 3.20. The molecular weight excluding hydrogens is 144 g/mol. The van der Waals surface area contributed by atoms with Gasteiger partial charge >= 0.3 is 0 Å². The molecule has 62 valence electrons. The van der Waals surface area contributed by atoms with Crippen LogP contribution < -0.4 is 0 Å². The molecule has 0 aliphatic rings. The maximum absolute atomic E-state index is 3.65. The van der Waals surface area contributed by atoms with Gasteiger partial charge in [0.05, 0.1) is 0 Å². The van der Waals surface area contributed by atoms with Crippen LogP contribution in [0.15, 0.2) is 55.1 Å². The van der Waals surface area contributed by atoms with Crippen molar-refractivity contribution in [1.29, 1.82) is 0 Å². The smallest absolute Gasteiger partial charge is 0.00973 e. The minimum Gasteiger partial charge on any atom is -0.103 e. The summed E-state index contributed by atoms with van der Waals surface area (Å²) >= 11 is 0. The van der Waals surface area contributed by atoms with Gasteiger partial charge in [-0.05, 0) is 18.4 Å². The fourth-order valence-electron chi connectivity index (χ4n) is 1.03. The van der Waals surface area contributed by atoms with E-state index in [0.717, 1.165) is 12.8 Å². The minimum absolute atomic E-state index is 0.965. The van der Waals surface area contributed by atoms with Crippen LogP contribution in [0.25, 0.3) is 0 Å². The zero-order chi connectivity index (χ0) is 8.65. The second-order valence-electron chi connectivity index (χ2n) is 2.69. The molecule has 0 fully saturated rings. The van der Waals surface area contributed by atoms with Gasteiger partial charge in [-0.3, -0.25) is 0 Å². The Morgan fingerprint density at radius 2 is 1.83 bits per heavy atom. The summed E-state index contributed by atoms with van der Waals surface area (Å²) in [6.07, 6.45) is 8.21. The van der Waals surface area contributed by atoms with Crippen molar-refractivity contribution in [2.24, 2.45) is 0 Å². The molecule has 0 atom stereocenters. The Labute approximate surface area is 74.2 Å². The standard InChI is InChI=1S/C12H14/c1-2-3-4-6-9-12-10-7-5-8-11-12/h2,4-8,10-11H,1,3,9H2/b6-4+. The molecule has 0 aliphatic carbocycles. The van der Waals surface area contributed by atoms with Crippen molar-refractivity contribution in [3.63, 3.8) is 0 Å². The lowest BCUT2D eigenvalue weighted by molar-refractivity contribution is 1.24. The van der Waals surface area contributed by atoms with Crippen molar-refractivity contribution in [2.45, 2.75) is 12.8 Å². The summed E-state index contributed by atoms with van der Waals surface area (Å²) in [7, 11) is 0. The second-order valence-corrected chi connectivity index (χ2v) is 2.69. The van der Waals surface area contributed by atoms with E-state index in [2.05, 4.69) is 43.0 Å². The first-order valence-corrected chi connectivity index (χ1v) is 4.23. The van der Waals surface area contributed by atoms with Crippen LogP contribution in [0.3, 0.4) is 0 Å². The summed E-state index contributed by atoms with van der Waals surface area (Å²) < 4.78 is 0. The molecular formula is C12H14. The van der Waals surface area contributed by atoms with Gasteiger partial charge in [-0.2, -0.15) is 0 Å². The Hall–Kier alpha value is -1.30. The fraction of sp³-hybridized carbons (Fsp3) is 0.167. The van der Waals surface area contributed by atoms with Gasteiger partial charge < -0.3 is 0 Å². The van der Waals surface area contributed by atoms with E-state index >= 15 is 0 Å². The second kappa shape index (κ2) is 5.36. The van der Waals surface area contributed by atoms with Gasteiger partial charge in [-0.1, -0.05) is 48.6 Å². The summed E-state index contributed by atoms with van der Waals surface area (Å²) in [6.45, 7) is 3.65. The minimum atomic E-state index is 0.965. The van der Waals surface area contributed by atoms with Crippen molar-refractivity contribution in [1.82, 2.24) is 0 Å². The number of allylic oxidation sites excluding steroid dienone is 3. The Kier molecular flexibility index (Phi) is 3.93. The predicted octanol–water partition coefficient (Wildman–Crippen LogP) is 3.36. The van der Waals surface area contributed by atoms with E-state index in [0.29, 0.717) is 0 Å². The molecule has 0 amide bonds. The normalized spacial score (nSPS) is 10.3. The van der Waals surface area contributed by atoms with Gasteiger partial charge in [0.1, 0.15) is 0 Å². The first-order valence-electron chi connectivity index (χ1n) is 4.23. The maximum Gasteiger partial charge on any atom is -0.00973 e. The van der Waals surface area contributed by atoms with E-state index < -0.39 is 0 Å². The van der Waals surface area contributed by atoms with Crippen LogP contribution in [0.5, 0.6) is 0 Å². The highest BCUT2D eigenvalue weighted by Crippen LogP contribution is 2.00. The summed E-state index contributed by atoms with van der Waals surface area (Å²) in [5, 5.41) is 0. The van der Waals surface area contributed by atoms with Crippen molar-refractivity contribution in [3.05, 3.63) is 60.7 Å². The van der Waals surface area contributed by atoms with Crippen molar-refractivity contribution >= 4 is 0 Å². The Bertz CT molecular complexity index is 244. The molecule has 0 radical (unpaired) electrons. The van der Waals surface area contributed by atoms with E-state index in [4.69, 9.17) is 0 Å². The molecule has 1 aromatic carbocycles. The van der Waals surface area contributed by atoms with Gasteiger partial charge in [-0.25, -0.2) is 0 Å². The first kappa shape index (κ1) is 8.79. The van der Waals surface area contributed by atoms with E-state index in [1.54, 1.807) is 0 Å². The van der Waals surface area contributed by atoms with Crippen LogP contribution >= 0.6 is 0 Å². The van der Waals surface area contributed by atoms with Crippen LogP contribution in [0.4, 0.5) is 0 Å². The van der Waals surface area contributed by atoms with E-state index in [1.165, 1.54) is 5.56 Å². The average Bonchev–Trinajstić information content (AvgIpc) is 2.14. The topological polar surface area (TPSA) is 0 Å². The highest BCUT2D eigenvalue weighted by Gasteiger charge is 1.83. The lowest BCUT2D eigenvalue weighted by atomic mass is 10.1. The van der Waals surface area contributed by atoms with Crippen LogP contribution in [0, 0.1) is 0 Å². The molecule has 1 rings (SSSR count). The fourth-order valence-corrected chi connectivity index (χ4v) is 1.03. The van der Waals surface area contributed by atoms with E-state index in [-0.39, 0.29) is 0 Å². The lowest BCUT2D eigenvalue weighted by Gasteiger charge is -1.92. The maximum atomic E-state index is 3.65. The molecule has 12 heavy (non-hydrogen) atoms. The Morgan fingerprint density at radius 3 is 2.50 bits per heavy atom. The summed E-state index contributed by atoms with van der Waals surface area (Å²) in [5.74, 6) is 0. The van der Waals surface area contributed by atoms with Gasteiger partial charge in [-0.15, -0.1) is 6.58 Å². The largest absolute Gasteiger partial charge is 0.103 e. The predicted molar refractivity (Wildman–Crippen MR) is 54.1 cm³/mol. The quantitative estimate of drug-likeness (QED) is 0.589. The van der Waals surface area contributed by atoms with Crippen LogP contribution in [0.2, 0.25) is 0 Å². The third-order valence-electron chi connectivity index (χ3n) is 1.67. The average molecular weight is 158 g/mol. The molecule has 0 spiro atoms. The highest BCUT2D eigenvalue weighted by atomic mass is 13.9. The lowest BCUT2D eigenvalue weighted by Crippen LogP contribution is -1.77. The van der Waals surface area contributed by atoms with Crippen LogP contribution in [-0.2, 0) is 6.42 Å². The van der Waals surface area contributed by atoms with E-state index in [9.17, 15) is 0 Å². The van der Waals surface area contributed by atoms with Crippen molar-refractivity contribution < 1.29 is 0 Å². The summed E-state index contributed by atoms with van der Waals surface area (Å²) in [6, 6.07) is 10.4. The Balaban J connectivity index is 2.38. The molecule has 0 unspecified atom stereocenters. The van der Waals surface area contributed by atoms with Crippen LogP contribution in [-0.4, -0.2) is 0 Å². The monoisotopic (exact) mass is 158 g/mol. The molecule has 0 nitrogen and oxygen atoms in total. The van der Waals surface area contributed by atoms with E-state index in [1.807, 2.05) is 12.1 Å². The zero-order valence-electron chi connectivity index (χ0n) is 7.24. The highest BCUT2D eigenvalue weighted by molar-refractivity contribution is 5.17. The molecule has 1 aromatic rings. The van der Waals surface area contributed by atoms with Gasteiger partial charge in [0.25, 0.3) is 0 Å². The molecule has 0 heterocycles. The third-order valence-corrected chi connectivity index (χ3v) is 1.67. The molecule has 0 saturated carbocycles. The molecule has 0 heteroatoms. The number of hydrogen-bond donors (Lipinski definition) is 0. The SMILES string of the molecule is C=CC/C=C/Cc1ccccc1. The zero-order valence-corrected chi connectivity index (χ0v) is 7.24. The van der Waals surface area contributed by atoms with Gasteiger partial charge in [0.15, 0.2) is 0 Å². The van der Waals surface area contributed by atoms with Crippen molar-refractivity contribution in [3.8, 4) is 0 Å². The first-order chi connectivity index (χ1) is 5.93. The van der Waals surface area contributed by atoms with Gasteiger partial charge in [0, 0.05) is 0 Å². The Morgan fingerprint density at radius 1 is 1.08 bits per heavy atom. The molecule has 0 aliphatic heterocycles. The molecule has 0 saturated heterocycles. The molecule has 0 bridgehead atoms. The number of benzene rings is 1. The van der Waals surface area contributed by atoms with Crippen LogP contribution in [0.1, 0.15) is 12.0 Å². The van der Waals surface area contributed by atoms with Gasteiger partial charge in [0.2, 0.25) is 0 Å². The molecule has 0 aromatic heterocycles. The molecule has 0 N–H and O–H groups in total.